The molecule has 16 heavy (non-hydrogen) atoms. The van der Waals surface area contributed by atoms with Crippen LogP contribution in [0.4, 0.5) is 0 Å². The van der Waals surface area contributed by atoms with E-state index in [1.807, 2.05) is 13.0 Å². The lowest BCUT2D eigenvalue weighted by atomic mass is 10.00. The second kappa shape index (κ2) is 6.83. The highest BCUT2D eigenvalue weighted by atomic mass is 32.2. The van der Waals surface area contributed by atoms with Crippen LogP contribution in [0.3, 0.4) is 0 Å². The molecule has 1 saturated heterocycles. The van der Waals surface area contributed by atoms with Gasteiger partial charge >= 0.3 is 0 Å². The molecule has 1 aliphatic rings. The monoisotopic (exact) mass is 244 g/mol. The van der Waals surface area contributed by atoms with Crippen molar-refractivity contribution in [1.82, 2.24) is 9.62 Å². The van der Waals surface area contributed by atoms with E-state index < -0.39 is 11.3 Å². The van der Waals surface area contributed by atoms with Gasteiger partial charge in [-0.25, -0.2) is 8.93 Å². The van der Waals surface area contributed by atoms with Gasteiger partial charge in [0, 0.05) is 25.3 Å². The molecule has 0 radical (unpaired) electrons. The number of piperidine rings is 1. The van der Waals surface area contributed by atoms with E-state index in [9.17, 15) is 4.21 Å². The predicted molar refractivity (Wildman–Crippen MR) is 67.1 cm³/mol. The summed E-state index contributed by atoms with van der Waals surface area (Å²) < 4.78 is 21.6. The number of hydrogen-bond donors (Lipinski definition) is 2. The van der Waals surface area contributed by atoms with Crippen LogP contribution in [0.2, 0.25) is 0 Å². The zero-order chi connectivity index (χ0) is 12.0. The van der Waals surface area contributed by atoms with E-state index >= 15 is 0 Å². The molecular formula is C11H20N2O2S. The summed E-state index contributed by atoms with van der Waals surface area (Å²) in [5.41, 5.74) is 2.54. The van der Waals surface area contributed by atoms with Gasteiger partial charge in [-0.2, -0.15) is 0 Å². The summed E-state index contributed by atoms with van der Waals surface area (Å²) in [4.78, 5) is 2.31. The highest BCUT2D eigenvalue weighted by molar-refractivity contribution is 7.77. The Morgan fingerprint density at radius 3 is 2.94 bits per heavy atom. The maximum atomic E-state index is 10.5. The fourth-order valence-corrected chi connectivity index (χ4v) is 2.23. The van der Waals surface area contributed by atoms with Crippen molar-refractivity contribution in [3.8, 4) is 0 Å². The summed E-state index contributed by atoms with van der Waals surface area (Å²) >= 11 is -1.93. The molecule has 2 N–H and O–H groups in total. The standard InChI is InChI=1S/C11H20N2O2S/c1-3-10-6-5-9-13(4-2)11(10)7-8-12-16(14)15/h3,7,12H,4-6,8-9H2,1-2H3,(H,14,15)/b10-3-,11-7+. The van der Waals surface area contributed by atoms with Gasteiger partial charge in [0.05, 0.1) is 0 Å². The molecule has 0 saturated carbocycles. The number of allylic oxidation sites excluding steroid dienone is 2. The first-order valence-electron chi connectivity index (χ1n) is 5.64. The Balaban J connectivity index is 2.72. The van der Waals surface area contributed by atoms with Crippen LogP contribution in [0, 0.1) is 0 Å². The highest BCUT2D eigenvalue weighted by Gasteiger charge is 2.16. The van der Waals surface area contributed by atoms with Gasteiger partial charge in [0.1, 0.15) is 0 Å². The fraction of sp³-hybridized carbons (Fsp3) is 0.636. The third-order valence-electron chi connectivity index (χ3n) is 2.78. The summed E-state index contributed by atoms with van der Waals surface area (Å²) in [6.45, 7) is 6.64. The van der Waals surface area contributed by atoms with Gasteiger partial charge in [0.25, 0.3) is 0 Å². The van der Waals surface area contributed by atoms with E-state index in [0.29, 0.717) is 6.54 Å². The van der Waals surface area contributed by atoms with Crippen LogP contribution in [0.1, 0.15) is 26.7 Å². The van der Waals surface area contributed by atoms with Crippen LogP contribution in [0.25, 0.3) is 0 Å². The normalized spacial score (nSPS) is 24.1. The molecular weight excluding hydrogens is 224 g/mol. The molecule has 5 heteroatoms. The maximum Gasteiger partial charge on any atom is 0.232 e. The van der Waals surface area contributed by atoms with Crippen LogP contribution in [0.15, 0.2) is 23.4 Å². The smallest absolute Gasteiger partial charge is 0.232 e. The van der Waals surface area contributed by atoms with E-state index in [1.54, 1.807) is 0 Å². The van der Waals surface area contributed by atoms with Crippen molar-refractivity contribution in [3.05, 3.63) is 23.4 Å². The Bertz CT molecular complexity index is 313. The largest absolute Gasteiger partial charge is 0.372 e. The SMILES string of the molecule is C/C=C1/CCCN(CC)/C1=C/CNS(=O)O. The summed E-state index contributed by atoms with van der Waals surface area (Å²) in [5, 5.41) is 0. The summed E-state index contributed by atoms with van der Waals surface area (Å²) in [6, 6.07) is 0. The number of nitrogens with zero attached hydrogens (tertiary/aromatic N) is 1. The third-order valence-corrected chi connectivity index (χ3v) is 3.19. The Morgan fingerprint density at radius 2 is 2.38 bits per heavy atom. The first-order valence-corrected chi connectivity index (χ1v) is 6.74. The Morgan fingerprint density at radius 1 is 1.62 bits per heavy atom. The molecule has 0 aromatic rings. The average molecular weight is 244 g/mol. The molecule has 1 unspecified atom stereocenters. The van der Waals surface area contributed by atoms with Crippen LogP contribution < -0.4 is 4.72 Å². The molecule has 1 rings (SSSR count). The number of likely N-dealkylation sites (tertiary alicyclic amines) is 1. The molecule has 0 aromatic heterocycles. The minimum absolute atomic E-state index is 0.423. The summed E-state index contributed by atoms with van der Waals surface area (Å²) in [7, 11) is 0. The lowest BCUT2D eigenvalue weighted by Crippen LogP contribution is -2.30. The number of nitrogens with one attached hydrogen (secondary N) is 1. The van der Waals surface area contributed by atoms with Gasteiger partial charge < -0.3 is 4.90 Å². The molecule has 0 spiro atoms. The number of hydrogen-bond acceptors (Lipinski definition) is 2. The predicted octanol–water partition coefficient (Wildman–Crippen LogP) is 1.66. The summed E-state index contributed by atoms with van der Waals surface area (Å²) in [6.07, 6.45) is 6.40. The molecule has 0 aromatic carbocycles. The molecule has 0 amide bonds. The van der Waals surface area contributed by atoms with E-state index in [0.717, 1.165) is 19.5 Å². The molecule has 1 fully saturated rings. The third kappa shape index (κ3) is 3.73. The van der Waals surface area contributed by atoms with E-state index in [2.05, 4.69) is 22.6 Å². The van der Waals surface area contributed by atoms with Crippen molar-refractivity contribution in [2.45, 2.75) is 26.7 Å². The lowest BCUT2D eigenvalue weighted by Gasteiger charge is -2.32. The quantitative estimate of drug-likeness (QED) is 0.739. The molecule has 1 aliphatic heterocycles. The van der Waals surface area contributed by atoms with Gasteiger partial charge in [0.15, 0.2) is 0 Å². The van der Waals surface area contributed by atoms with Gasteiger partial charge in [-0.1, -0.05) is 6.08 Å². The van der Waals surface area contributed by atoms with E-state index in [-0.39, 0.29) is 0 Å². The van der Waals surface area contributed by atoms with E-state index in [1.165, 1.54) is 17.7 Å². The van der Waals surface area contributed by atoms with Gasteiger partial charge in [-0.05, 0) is 38.3 Å². The zero-order valence-corrected chi connectivity index (χ0v) is 10.7. The van der Waals surface area contributed by atoms with Crippen LogP contribution in [-0.4, -0.2) is 33.3 Å². The van der Waals surface area contributed by atoms with Crippen LogP contribution >= 0.6 is 0 Å². The van der Waals surface area contributed by atoms with Crippen LogP contribution in [-0.2, 0) is 11.3 Å². The zero-order valence-electron chi connectivity index (χ0n) is 9.90. The van der Waals surface area contributed by atoms with Crippen molar-refractivity contribution in [1.29, 1.82) is 0 Å². The Kier molecular flexibility index (Phi) is 5.73. The van der Waals surface area contributed by atoms with Crippen molar-refractivity contribution < 1.29 is 8.76 Å². The minimum Gasteiger partial charge on any atom is -0.372 e. The minimum atomic E-state index is -1.93. The first-order chi connectivity index (χ1) is 7.69. The summed E-state index contributed by atoms with van der Waals surface area (Å²) in [5.74, 6) is 0. The van der Waals surface area contributed by atoms with Crippen LogP contribution in [0.5, 0.6) is 0 Å². The number of likely N-dealkylation sites (N-methyl/N-ethyl adjacent to an activating group) is 1. The second-order valence-electron chi connectivity index (χ2n) is 3.68. The molecule has 1 heterocycles. The maximum absolute atomic E-state index is 10.5. The van der Waals surface area contributed by atoms with Gasteiger partial charge in [-0.3, -0.25) is 4.55 Å². The topological polar surface area (TPSA) is 52.6 Å². The first kappa shape index (κ1) is 13.4. The lowest BCUT2D eigenvalue weighted by molar-refractivity contribution is 0.335. The molecule has 0 bridgehead atoms. The second-order valence-corrected chi connectivity index (χ2v) is 4.47. The van der Waals surface area contributed by atoms with Crippen molar-refractivity contribution in [2.75, 3.05) is 19.6 Å². The molecule has 92 valence electrons. The molecule has 1 atom stereocenters. The number of rotatable bonds is 4. The van der Waals surface area contributed by atoms with E-state index in [4.69, 9.17) is 4.55 Å². The van der Waals surface area contributed by atoms with Gasteiger partial charge in [0.2, 0.25) is 11.3 Å². The van der Waals surface area contributed by atoms with Crippen molar-refractivity contribution >= 4 is 11.3 Å². The molecule has 0 aliphatic carbocycles. The highest BCUT2D eigenvalue weighted by Crippen LogP contribution is 2.25. The average Bonchev–Trinajstić information content (AvgIpc) is 2.28. The Labute approximate surface area is 99.8 Å². The molecule has 4 nitrogen and oxygen atoms in total. The Hall–Kier alpha value is -0.650. The fourth-order valence-electron chi connectivity index (χ4n) is 2.00. The van der Waals surface area contributed by atoms with Crippen molar-refractivity contribution in [2.24, 2.45) is 0 Å². The van der Waals surface area contributed by atoms with Gasteiger partial charge in [-0.15, -0.1) is 0 Å². The van der Waals surface area contributed by atoms with Crippen molar-refractivity contribution in [3.63, 3.8) is 0 Å².